The Morgan fingerprint density at radius 3 is 2.32 bits per heavy atom. The number of benzene rings is 2. The lowest BCUT2D eigenvalue weighted by atomic mass is 9.93. The summed E-state index contributed by atoms with van der Waals surface area (Å²) in [5, 5.41) is 0. The van der Waals surface area contributed by atoms with Crippen LogP contribution >= 0.6 is 0 Å². The van der Waals surface area contributed by atoms with Gasteiger partial charge in [-0.3, -0.25) is 0 Å². The van der Waals surface area contributed by atoms with Crippen LogP contribution in [0.2, 0.25) is 0 Å². The van der Waals surface area contributed by atoms with Gasteiger partial charge in [0, 0.05) is 17.0 Å². The van der Waals surface area contributed by atoms with Crippen molar-refractivity contribution in [2.45, 2.75) is 33.3 Å². The molecule has 2 aromatic heterocycles. The van der Waals surface area contributed by atoms with E-state index in [1.165, 1.54) is 11.1 Å². The van der Waals surface area contributed by atoms with Crippen molar-refractivity contribution in [3.05, 3.63) is 66.0 Å². The Hall–Kier alpha value is -3.34. The third-order valence-corrected chi connectivity index (χ3v) is 5.23. The van der Waals surface area contributed by atoms with Gasteiger partial charge in [0.25, 0.3) is 0 Å². The summed E-state index contributed by atoms with van der Waals surface area (Å²) in [4.78, 5) is 15.5. The highest BCUT2D eigenvalue weighted by Gasteiger charge is 2.19. The molecule has 2 aromatic carbocycles. The van der Waals surface area contributed by atoms with Crippen molar-refractivity contribution >= 4 is 0 Å². The van der Waals surface area contributed by atoms with Gasteiger partial charge in [0.05, 0.1) is 23.8 Å². The van der Waals surface area contributed by atoms with Crippen LogP contribution in [-0.2, 0) is 6.61 Å². The SMILES string of the molecule is Cc1ncc(-c2ccc3c(c2)COc2cc(-c4cnc(C(C)C)[nH]4)ccc2-3)[nH]1. The van der Waals surface area contributed by atoms with Crippen LogP contribution in [0, 0.1) is 6.92 Å². The quantitative estimate of drug-likeness (QED) is 0.503. The molecular formula is C23H22N4O. The van der Waals surface area contributed by atoms with Gasteiger partial charge in [-0.15, -0.1) is 0 Å². The van der Waals surface area contributed by atoms with E-state index in [4.69, 9.17) is 4.74 Å². The molecule has 5 rings (SSSR count). The number of nitrogens with one attached hydrogen (secondary N) is 2. The van der Waals surface area contributed by atoms with Gasteiger partial charge in [-0.05, 0) is 41.8 Å². The summed E-state index contributed by atoms with van der Waals surface area (Å²) >= 11 is 0. The Morgan fingerprint density at radius 2 is 1.61 bits per heavy atom. The largest absolute Gasteiger partial charge is 0.488 e. The van der Waals surface area contributed by atoms with E-state index in [1.54, 1.807) is 0 Å². The lowest BCUT2D eigenvalue weighted by Gasteiger charge is -2.22. The highest BCUT2D eigenvalue weighted by molar-refractivity contribution is 5.80. The molecule has 0 fully saturated rings. The standard InChI is InChI=1S/C23H22N4O/c1-13(2)23-25-11-21(27-23)16-5-7-19-18-6-4-15(20-10-24-14(3)26-20)8-17(18)12-28-22(19)9-16/h4-11,13H,12H2,1-3H3,(H,24,26)(H,25,27). The Balaban J connectivity index is 1.51. The summed E-state index contributed by atoms with van der Waals surface area (Å²) in [6.07, 6.45) is 3.77. The number of hydrogen-bond acceptors (Lipinski definition) is 3. The maximum absolute atomic E-state index is 6.10. The highest BCUT2D eigenvalue weighted by atomic mass is 16.5. The average molecular weight is 370 g/mol. The highest BCUT2D eigenvalue weighted by Crippen LogP contribution is 2.40. The number of aromatic nitrogens is 4. The molecule has 0 unspecified atom stereocenters. The fourth-order valence-electron chi connectivity index (χ4n) is 3.67. The number of nitrogens with zero attached hydrogens (tertiary/aromatic N) is 2. The molecule has 0 radical (unpaired) electrons. The first-order chi connectivity index (χ1) is 13.6. The van der Waals surface area contributed by atoms with Crippen LogP contribution in [-0.4, -0.2) is 19.9 Å². The van der Waals surface area contributed by atoms with Crippen molar-refractivity contribution in [2.75, 3.05) is 0 Å². The van der Waals surface area contributed by atoms with Crippen molar-refractivity contribution in [1.82, 2.24) is 19.9 Å². The molecule has 5 heteroatoms. The maximum atomic E-state index is 6.10. The van der Waals surface area contributed by atoms with Gasteiger partial charge in [-0.1, -0.05) is 32.0 Å². The molecule has 0 aliphatic carbocycles. The Labute approximate surface area is 163 Å². The lowest BCUT2D eigenvalue weighted by Crippen LogP contribution is -2.05. The molecule has 0 saturated heterocycles. The predicted octanol–water partition coefficient (Wildman–Crippen LogP) is 5.46. The van der Waals surface area contributed by atoms with E-state index in [0.29, 0.717) is 12.5 Å². The number of H-pyrrole nitrogens is 2. The Kier molecular flexibility index (Phi) is 3.83. The molecule has 0 spiro atoms. The van der Waals surface area contributed by atoms with Crippen molar-refractivity contribution in [2.24, 2.45) is 0 Å². The fraction of sp³-hybridized carbons (Fsp3) is 0.217. The van der Waals surface area contributed by atoms with Crippen LogP contribution in [0.25, 0.3) is 33.6 Å². The number of imidazole rings is 2. The smallest absolute Gasteiger partial charge is 0.128 e. The summed E-state index contributed by atoms with van der Waals surface area (Å²) in [5.41, 5.74) is 7.80. The van der Waals surface area contributed by atoms with Crippen LogP contribution in [0.3, 0.4) is 0 Å². The zero-order valence-corrected chi connectivity index (χ0v) is 16.2. The second-order valence-electron chi connectivity index (χ2n) is 7.59. The molecule has 4 aromatic rings. The van der Waals surface area contributed by atoms with Gasteiger partial charge in [0.15, 0.2) is 0 Å². The minimum absolute atomic E-state index is 0.377. The first-order valence-corrected chi connectivity index (χ1v) is 9.56. The van der Waals surface area contributed by atoms with Gasteiger partial charge in [-0.25, -0.2) is 9.97 Å². The third-order valence-electron chi connectivity index (χ3n) is 5.23. The molecule has 0 amide bonds. The summed E-state index contributed by atoms with van der Waals surface area (Å²) in [6, 6.07) is 12.9. The van der Waals surface area contributed by atoms with Crippen molar-refractivity contribution in [1.29, 1.82) is 0 Å². The number of aryl methyl sites for hydroxylation is 1. The normalized spacial score (nSPS) is 12.6. The van der Waals surface area contributed by atoms with Crippen LogP contribution in [0.5, 0.6) is 5.75 Å². The summed E-state index contributed by atoms with van der Waals surface area (Å²) in [7, 11) is 0. The molecule has 0 atom stereocenters. The van der Waals surface area contributed by atoms with E-state index in [-0.39, 0.29) is 0 Å². The molecule has 0 bridgehead atoms. The molecule has 5 nitrogen and oxygen atoms in total. The fourth-order valence-corrected chi connectivity index (χ4v) is 3.67. The first-order valence-electron chi connectivity index (χ1n) is 9.56. The van der Waals surface area contributed by atoms with Gasteiger partial charge in [0.1, 0.15) is 24.0 Å². The number of aromatic amines is 2. The topological polar surface area (TPSA) is 66.6 Å². The van der Waals surface area contributed by atoms with E-state index >= 15 is 0 Å². The summed E-state index contributed by atoms with van der Waals surface area (Å²) in [6.45, 7) is 6.79. The summed E-state index contributed by atoms with van der Waals surface area (Å²) < 4.78 is 6.10. The molecule has 3 heterocycles. The summed E-state index contributed by atoms with van der Waals surface area (Å²) in [5.74, 6) is 3.21. The van der Waals surface area contributed by atoms with Crippen LogP contribution < -0.4 is 4.74 Å². The van der Waals surface area contributed by atoms with Crippen LogP contribution in [0.15, 0.2) is 48.8 Å². The Morgan fingerprint density at radius 1 is 0.893 bits per heavy atom. The molecule has 0 saturated carbocycles. The molecule has 1 aliphatic heterocycles. The second-order valence-corrected chi connectivity index (χ2v) is 7.59. The van der Waals surface area contributed by atoms with Gasteiger partial charge >= 0.3 is 0 Å². The molecule has 28 heavy (non-hydrogen) atoms. The van der Waals surface area contributed by atoms with Crippen molar-refractivity contribution < 1.29 is 4.74 Å². The second kappa shape index (κ2) is 6.37. The van der Waals surface area contributed by atoms with Crippen LogP contribution in [0.4, 0.5) is 0 Å². The molecule has 1 aliphatic rings. The van der Waals surface area contributed by atoms with E-state index in [1.807, 2.05) is 19.3 Å². The number of hydrogen-bond donors (Lipinski definition) is 2. The first kappa shape index (κ1) is 16.8. The lowest BCUT2D eigenvalue weighted by molar-refractivity contribution is 0.302. The number of ether oxygens (including phenoxy) is 1. The zero-order chi connectivity index (χ0) is 19.3. The van der Waals surface area contributed by atoms with Crippen molar-refractivity contribution in [3.63, 3.8) is 0 Å². The molecular weight excluding hydrogens is 348 g/mol. The zero-order valence-electron chi connectivity index (χ0n) is 16.2. The van der Waals surface area contributed by atoms with E-state index in [9.17, 15) is 0 Å². The van der Waals surface area contributed by atoms with Crippen molar-refractivity contribution in [3.8, 4) is 39.4 Å². The average Bonchev–Trinajstić information content (AvgIpc) is 3.36. The number of rotatable bonds is 3. The monoisotopic (exact) mass is 370 g/mol. The maximum Gasteiger partial charge on any atom is 0.128 e. The third kappa shape index (κ3) is 2.80. The molecule has 140 valence electrons. The minimum Gasteiger partial charge on any atom is -0.488 e. The minimum atomic E-state index is 0.377. The Bertz CT molecular complexity index is 1170. The molecule has 2 N–H and O–H groups in total. The van der Waals surface area contributed by atoms with Gasteiger partial charge in [-0.2, -0.15) is 0 Å². The predicted molar refractivity (Wildman–Crippen MR) is 110 cm³/mol. The van der Waals surface area contributed by atoms with E-state index in [2.05, 4.69) is 70.2 Å². The van der Waals surface area contributed by atoms with Crippen LogP contribution in [0.1, 0.15) is 37.0 Å². The van der Waals surface area contributed by atoms with Gasteiger partial charge in [0.2, 0.25) is 0 Å². The van der Waals surface area contributed by atoms with E-state index in [0.717, 1.165) is 45.5 Å². The van der Waals surface area contributed by atoms with Gasteiger partial charge < -0.3 is 14.7 Å². The number of fused-ring (bicyclic) bond motifs is 3. The van der Waals surface area contributed by atoms with E-state index < -0.39 is 0 Å².